The van der Waals surface area contributed by atoms with E-state index in [4.69, 9.17) is 0 Å². The number of aliphatic hydroxyl groups is 1. The summed E-state index contributed by atoms with van der Waals surface area (Å²) in [4.78, 5) is 21.0. The SMILES string of the molecule is CC1CCN(C(=O)c2ccc(N3CCC(C)C(O)C3)nc2)CC1. The van der Waals surface area contributed by atoms with Gasteiger partial charge in [-0.05, 0) is 43.2 Å². The standard InChI is InChI=1S/C18H27N3O2/c1-13-5-8-20(9-6-13)18(23)15-3-4-17(19-11-15)21-10-7-14(2)16(22)12-21/h3-4,11,13-14,16,22H,5-10,12H2,1-2H3. The molecule has 0 aromatic carbocycles. The molecular weight excluding hydrogens is 290 g/mol. The van der Waals surface area contributed by atoms with Crippen molar-refractivity contribution in [2.45, 2.75) is 39.2 Å². The lowest BCUT2D eigenvalue weighted by Gasteiger charge is -2.35. The molecule has 2 atom stereocenters. The number of amides is 1. The van der Waals surface area contributed by atoms with Crippen LogP contribution >= 0.6 is 0 Å². The van der Waals surface area contributed by atoms with E-state index in [2.05, 4.69) is 23.7 Å². The number of hydrogen-bond donors (Lipinski definition) is 1. The lowest BCUT2D eigenvalue weighted by atomic mass is 9.96. The fourth-order valence-corrected chi connectivity index (χ4v) is 3.35. The second-order valence-corrected chi connectivity index (χ2v) is 7.16. The molecule has 0 saturated carbocycles. The molecule has 2 saturated heterocycles. The Morgan fingerprint density at radius 1 is 1.17 bits per heavy atom. The summed E-state index contributed by atoms with van der Waals surface area (Å²) < 4.78 is 0. The molecule has 0 radical (unpaired) electrons. The Balaban J connectivity index is 1.64. The molecule has 0 aliphatic carbocycles. The van der Waals surface area contributed by atoms with Gasteiger partial charge in [0.15, 0.2) is 0 Å². The highest BCUT2D eigenvalue weighted by atomic mass is 16.3. The number of pyridine rings is 1. The number of anilines is 1. The van der Waals surface area contributed by atoms with Crippen LogP contribution in [0.4, 0.5) is 5.82 Å². The molecule has 1 aromatic heterocycles. The van der Waals surface area contributed by atoms with Gasteiger partial charge in [0.2, 0.25) is 0 Å². The van der Waals surface area contributed by atoms with Gasteiger partial charge in [0.25, 0.3) is 5.91 Å². The van der Waals surface area contributed by atoms with Crippen molar-refractivity contribution in [2.24, 2.45) is 11.8 Å². The zero-order valence-electron chi connectivity index (χ0n) is 14.1. The van der Waals surface area contributed by atoms with Crippen molar-refractivity contribution < 1.29 is 9.90 Å². The Bertz CT molecular complexity index is 538. The second-order valence-electron chi connectivity index (χ2n) is 7.16. The number of aromatic nitrogens is 1. The number of likely N-dealkylation sites (tertiary alicyclic amines) is 1. The Morgan fingerprint density at radius 2 is 1.91 bits per heavy atom. The van der Waals surface area contributed by atoms with Gasteiger partial charge in [-0.25, -0.2) is 4.98 Å². The van der Waals surface area contributed by atoms with Gasteiger partial charge in [-0.15, -0.1) is 0 Å². The normalized spacial score (nSPS) is 26.4. The Hall–Kier alpha value is -1.62. The van der Waals surface area contributed by atoms with E-state index in [1.807, 2.05) is 17.0 Å². The summed E-state index contributed by atoms with van der Waals surface area (Å²) in [5.41, 5.74) is 0.661. The quantitative estimate of drug-likeness (QED) is 0.908. The molecule has 5 nitrogen and oxygen atoms in total. The van der Waals surface area contributed by atoms with E-state index in [-0.39, 0.29) is 12.0 Å². The maximum absolute atomic E-state index is 12.5. The van der Waals surface area contributed by atoms with Crippen LogP contribution in [-0.4, -0.2) is 53.2 Å². The molecule has 2 aliphatic rings. The number of nitrogens with zero attached hydrogens (tertiary/aromatic N) is 3. The van der Waals surface area contributed by atoms with Crippen molar-refractivity contribution in [3.05, 3.63) is 23.9 Å². The first kappa shape index (κ1) is 16.2. The van der Waals surface area contributed by atoms with E-state index in [0.29, 0.717) is 23.9 Å². The largest absolute Gasteiger partial charge is 0.391 e. The predicted octanol–water partition coefficient (Wildman–Crippen LogP) is 2.16. The first-order chi connectivity index (χ1) is 11.0. The summed E-state index contributed by atoms with van der Waals surface area (Å²) in [6.07, 6.45) is 4.51. The molecule has 2 unspecified atom stereocenters. The molecular formula is C18H27N3O2. The third-order valence-corrected chi connectivity index (χ3v) is 5.31. The molecule has 1 amide bonds. The minimum atomic E-state index is -0.304. The molecule has 126 valence electrons. The van der Waals surface area contributed by atoms with E-state index in [0.717, 1.165) is 44.7 Å². The van der Waals surface area contributed by atoms with Crippen LogP contribution in [0.3, 0.4) is 0 Å². The van der Waals surface area contributed by atoms with Crippen molar-refractivity contribution in [3.63, 3.8) is 0 Å². The second kappa shape index (κ2) is 6.87. The Morgan fingerprint density at radius 3 is 2.52 bits per heavy atom. The van der Waals surface area contributed by atoms with Crippen LogP contribution in [0.1, 0.15) is 43.5 Å². The van der Waals surface area contributed by atoms with Gasteiger partial charge in [-0.2, -0.15) is 0 Å². The van der Waals surface area contributed by atoms with Crippen LogP contribution in [0.2, 0.25) is 0 Å². The third kappa shape index (κ3) is 3.66. The fourth-order valence-electron chi connectivity index (χ4n) is 3.35. The summed E-state index contributed by atoms with van der Waals surface area (Å²) in [5.74, 6) is 1.99. The monoisotopic (exact) mass is 317 g/mol. The first-order valence-corrected chi connectivity index (χ1v) is 8.73. The van der Waals surface area contributed by atoms with Gasteiger partial charge < -0.3 is 14.9 Å². The van der Waals surface area contributed by atoms with Gasteiger partial charge in [-0.1, -0.05) is 13.8 Å². The maximum atomic E-state index is 12.5. The number of β-amino-alcohol motifs (C(OH)–C–C–N with tert-alkyl or cyclic N) is 1. The molecule has 1 aromatic rings. The van der Waals surface area contributed by atoms with Crippen molar-refractivity contribution in [3.8, 4) is 0 Å². The van der Waals surface area contributed by atoms with E-state index in [1.54, 1.807) is 6.20 Å². The highest BCUT2D eigenvalue weighted by Crippen LogP contribution is 2.23. The van der Waals surface area contributed by atoms with E-state index < -0.39 is 0 Å². The zero-order valence-corrected chi connectivity index (χ0v) is 14.1. The highest BCUT2D eigenvalue weighted by Gasteiger charge is 2.26. The van der Waals surface area contributed by atoms with Gasteiger partial charge >= 0.3 is 0 Å². The number of carbonyl (C=O) groups is 1. The summed E-state index contributed by atoms with van der Waals surface area (Å²) >= 11 is 0. The van der Waals surface area contributed by atoms with E-state index in [1.165, 1.54) is 0 Å². The van der Waals surface area contributed by atoms with E-state index >= 15 is 0 Å². The first-order valence-electron chi connectivity index (χ1n) is 8.73. The average molecular weight is 317 g/mol. The topological polar surface area (TPSA) is 56.7 Å². The average Bonchev–Trinajstić information content (AvgIpc) is 2.57. The number of carbonyl (C=O) groups excluding carboxylic acids is 1. The predicted molar refractivity (Wildman–Crippen MR) is 90.5 cm³/mol. The molecule has 2 aliphatic heterocycles. The van der Waals surface area contributed by atoms with Crippen LogP contribution in [0.25, 0.3) is 0 Å². The van der Waals surface area contributed by atoms with Gasteiger partial charge in [-0.3, -0.25) is 4.79 Å². The van der Waals surface area contributed by atoms with Crippen LogP contribution in [0.5, 0.6) is 0 Å². The third-order valence-electron chi connectivity index (χ3n) is 5.31. The van der Waals surface area contributed by atoms with Crippen LogP contribution in [-0.2, 0) is 0 Å². The van der Waals surface area contributed by atoms with Gasteiger partial charge in [0, 0.05) is 32.4 Å². The Labute approximate surface area is 138 Å². The number of piperidine rings is 2. The number of hydrogen-bond acceptors (Lipinski definition) is 4. The number of aliphatic hydroxyl groups excluding tert-OH is 1. The summed E-state index contributed by atoms with van der Waals surface area (Å²) in [5, 5.41) is 10.0. The van der Waals surface area contributed by atoms with Crippen molar-refractivity contribution in [1.82, 2.24) is 9.88 Å². The van der Waals surface area contributed by atoms with E-state index in [9.17, 15) is 9.90 Å². The molecule has 0 bridgehead atoms. The minimum Gasteiger partial charge on any atom is -0.391 e. The van der Waals surface area contributed by atoms with Gasteiger partial charge in [0.1, 0.15) is 5.82 Å². The molecule has 3 heterocycles. The summed E-state index contributed by atoms with van der Waals surface area (Å²) in [7, 11) is 0. The molecule has 0 spiro atoms. The lowest BCUT2D eigenvalue weighted by molar-refractivity contribution is 0.0696. The Kier molecular flexibility index (Phi) is 4.85. The van der Waals surface area contributed by atoms with Gasteiger partial charge in [0.05, 0.1) is 11.7 Å². The fraction of sp³-hybridized carbons (Fsp3) is 0.667. The van der Waals surface area contributed by atoms with Crippen LogP contribution in [0.15, 0.2) is 18.3 Å². The zero-order chi connectivity index (χ0) is 16.4. The van der Waals surface area contributed by atoms with Crippen LogP contribution < -0.4 is 4.90 Å². The maximum Gasteiger partial charge on any atom is 0.255 e. The highest BCUT2D eigenvalue weighted by molar-refractivity contribution is 5.94. The summed E-state index contributed by atoms with van der Waals surface area (Å²) in [6.45, 7) is 7.53. The molecule has 1 N–H and O–H groups in total. The van der Waals surface area contributed by atoms with Crippen molar-refractivity contribution >= 4 is 11.7 Å². The minimum absolute atomic E-state index is 0.0863. The lowest BCUT2D eigenvalue weighted by Crippen LogP contribution is -2.43. The molecule has 23 heavy (non-hydrogen) atoms. The smallest absolute Gasteiger partial charge is 0.255 e. The number of rotatable bonds is 2. The molecule has 3 rings (SSSR count). The molecule has 2 fully saturated rings. The molecule has 5 heteroatoms. The van der Waals surface area contributed by atoms with Crippen molar-refractivity contribution in [2.75, 3.05) is 31.1 Å². The summed E-state index contributed by atoms with van der Waals surface area (Å²) in [6, 6.07) is 3.77. The van der Waals surface area contributed by atoms with Crippen LogP contribution in [0, 0.1) is 11.8 Å². The van der Waals surface area contributed by atoms with Crippen molar-refractivity contribution in [1.29, 1.82) is 0 Å².